The fourth-order valence-electron chi connectivity index (χ4n) is 4.32. The lowest BCUT2D eigenvalue weighted by molar-refractivity contribution is -0.130. The van der Waals surface area contributed by atoms with Crippen molar-refractivity contribution in [2.75, 3.05) is 19.0 Å². The van der Waals surface area contributed by atoms with Gasteiger partial charge < -0.3 is 19.5 Å². The van der Waals surface area contributed by atoms with Gasteiger partial charge in [0, 0.05) is 19.4 Å². The molecule has 1 fully saturated rings. The van der Waals surface area contributed by atoms with Gasteiger partial charge in [0.15, 0.2) is 0 Å². The largest absolute Gasteiger partial charge is 0.473 e. The Morgan fingerprint density at radius 1 is 1.25 bits per heavy atom. The Bertz CT molecular complexity index is 1140. The summed E-state index contributed by atoms with van der Waals surface area (Å²) in [6, 6.07) is 9.71. The van der Waals surface area contributed by atoms with Crippen LogP contribution in [0.15, 0.2) is 42.6 Å². The Labute approximate surface area is 207 Å². The molecular formula is C25H31F2N5O4. The summed E-state index contributed by atoms with van der Waals surface area (Å²) < 4.78 is 40.9. The highest BCUT2D eigenvalue weighted by molar-refractivity contribution is 5.92. The second-order valence-corrected chi connectivity index (χ2v) is 9.10. The second kappa shape index (κ2) is 11.6. The zero-order chi connectivity index (χ0) is 25.5. The first-order valence-corrected chi connectivity index (χ1v) is 11.9. The molecule has 11 heteroatoms. The third-order valence-corrected chi connectivity index (χ3v) is 6.57. The fourth-order valence-corrected chi connectivity index (χ4v) is 4.32. The highest BCUT2D eigenvalue weighted by Gasteiger charge is 2.32. The van der Waals surface area contributed by atoms with Gasteiger partial charge in [0.25, 0.3) is 0 Å². The molecule has 36 heavy (non-hydrogen) atoms. The summed E-state index contributed by atoms with van der Waals surface area (Å²) >= 11 is 0. The molecule has 9 nitrogen and oxygen atoms in total. The number of H-pyrrole nitrogens is 1. The van der Waals surface area contributed by atoms with Crippen molar-refractivity contribution >= 4 is 22.8 Å². The van der Waals surface area contributed by atoms with E-state index in [0.29, 0.717) is 22.6 Å². The van der Waals surface area contributed by atoms with E-state index in [1.807, 2.05) is 30.3 Å². The number of halogens is 2. The zero-order valence-electron chi connectivity index (χ0n) is 20.3. The third kappa shape index (κ3) is 6.67. The van der Waals surface area contributed by atoms with Crippen molar-refractivity contribution in [3.8, 4) is 5.88 Å². The predicted molar refractivity (Wildman–Crippen MR) is 130 cm³/mol. The molecule has 194 valence electrons. The van der Waals surface area contributed by atoms with E-state index in [1.54, 1.807) is 19.4 Å². The minimum atomic E-state index is -2.86. The number of nitrogens with one attached hydrogen (secondary N) is 3. The van der Waals surface area contributed by atoms with Crippen molar-refractivity contribution in [1.82, 2.24) is 20.5 Å². The van der Waals surface area contributed by atoms with Crippen LogP contribution in [0.2, 0.25) is 0 Å². The number of carbonyl (C=O) groups is 1. The first kappa shape index (κ1) is 25.8. The molecule has 3 N–H and O–H groups in total. The number of anilines is 1. The molecule has 0 saturated heterocycles. The number of aromatic amines is 1. The second-order valence-electron chi connectivity index (χ2n) is 9.10. The molecule has 2 aromatic heterocycles. The van der Waals surface area contributed by atoms with Gasteiger partial charge in [-0.25, -0.2) is 9.78 Å². The molecule has 1 saturated carbocycles. The number of hydrogen-bond donors (Lipinski definition) is 3. The van der Waals surface area contributed by atoms with Gasteiger partial charge in [0.05, 0.1) is 29.2 Å². The number of rotatable bonds is 10. The Balaban J connectivity index is 1.37. The molecule has 1 aliphatic rings. The standard InChI is InChI=1S/C25H31F2N5O4/c1-25(34-2)11-8-17(9-12-25)36-22-18-15-28-21(14-20(18)31-32-22)30-24(33)29-19(10-13-35-23(26)27)16-6-4-3-5-7-16/h3-7,14-15,17,19,23H,8-13H2,1-2H3,(H,31,32)(H2,28,29,30,33). The smallest absolute Gasteiger partial charge is 0.345 e. The Hall–Kier alpha value is -3.31. The Kier molecular flexibility index (Phi) is 8.32. The van der Waals surface area contributed by atoms with E-state index in [-0.39, 0.29) is 24.7 Å². The van der Waals surface area contributed by atoms with Gasteiger partial charge in [-0.05, 0) is 44.6 Å². The molecule has 1 unspecified atom stereocenters. The highest BCUT2D eigenvalue weighted by atomic mass is 19.3. The van der Waals surface area contributed by atoms with Gasteiger partial charge in [-0.15, -0.1) is 5.10 Å². The summed E-state index contributed by atoms with van der Waals surface area (Å²) in [5, 5.41) is 13.4. The third-order valence-electron chi connectivity index (χ3n) is 6.57. The van der Waals surface area contributed by atoms with Crippen LogP contribution in [0.25, 0.3) is 10.9 Å². The first-order valence-electron chi connectivity index (χ1n) is 11.9. The van der Waals surface area contributed by atoms with Gasteiger partial charge in [0.1, 0.15) is 11.9 Å². The van der Waals surface area contributed by atoms with Crippen LogP contribution < -0.4 is 15.4 Å². The van der Waals surface area contributed by atoms with E-state index in [2.05, 4.69) is 37.5 Å². The first-order chi connectivity index (χ1) is 17.3. The van der Waals surface area contributed by atoms with Crippen LogP contribution >= 0.6 is 0 Å². The van der Waals surface area contributed by atoms with E-state index in [1.165, 1.54) is 0 Å². The quantitative estimate of drug-likeness (QED) is 0.352. The maximum Gasteiger partial charge on any atom is 0.345 e. The lowest BCUT2D eigenvalue weighted by Crippen LogP contribution is -2.36. The summed E-state index contributed by atoms with van der Waals surface area (Å²) in [4.78, 5) is 17.0. The molecule has 1 aliphatic carbocycles. The summed E-state index contributed by atoms with van der Waals surface area (Å²) in [5.41, 5.74) is 1.33. The number of aromatic nitrogens is 3. The molecule has 1 aromatic carbocycles. The van der Waals surface area contributed by atoms with Crippen LogP contribution in [-0.2, 0) is 9.47 Å². The highest BCUT2D eigenvalue weighted by Crippen LogP contribution is 2.34. The number of urea groups is 1. The maximum absolute atomic E-state index is 12.7. The van der Waals surface area contributed by atoms with Crippen LogP contribution in [-0.4, -0.2) is 53.2 Å². The number of ether oxygens (including phenoxy) is 3. The summed E-state index contributed by atoms with van der Waals surface area (Å²) in [6.45, 7) is -0.955. The van der Waals surface area contributed by atoms with Crippen LogP contribution in [0.5, 0.6) is 5.88 Å². The fraction of sp³-hybridized carbons (Fsp3) is 0.480. The van der Waals surface area contributed by atoms with Crippen LogP contribution in [0.1, 0.15) is 50.6 Å². The van der Waals surface area contributed by atoms with Crippen LogP contribution in [0.4, 0.5) is 19.4 Å². The Morgan fingerprint density at radius 2 is 2.00 bits per heavy atom. The normalized spacial score (nSPS) is 20.9. The van der Waals surface area contributed by atoms with Crippen LogP contribution in [0.3, 0.4) is 0 Å². The number of nitrogens with zero attached hydrogens (tertiary/aromatic N) is 2. The van der Waals surface area contributed by atoms with Crippen molar-refractivity contribution < 1.29 is 27.8 Å². The lowest BCUT2D eigenvalue weighted by Gasteiger charge is -2.35. The number of alkyl halides is 2. The molecule has 0 radical (unpaired) electrons. The minimum Gasteiger partial charge on any atom is -0.473 e. The zero-order valence-corrected chi connectivity index (χ0v) is 20.3. The lowest BCUT2D eigenvalue weighted by atomic mass is 9.84. The van der Waals surface area contributed by atoms with Gasteiger partial charge in [0.2, 0.25) is 5.88 Å². The van der Waals surface area contributed by atoms with Gasteiger partial charge in [-0.2, -0.15) is 8.78 Å². The number of fused-ring (bicyclic) bond motifs is 1. The summed E-state index contributed by atoms with van der Waals surface area (Å²) in [5.74, 6) is 0.780. The maximum atomic E-state index is 12.7. The molecule has 2 heterocycles. The number of amides is 2. The number of methoxy groups -OCH3 is 1. The van der Waals surface area contributed by atoms with Crippen molar-refractivity contribution in [3.63, 3.8) is 0 Å². The molecule has 0 spiro atoms. The van der Waals surface area contributed by atoms with E-state index in [9.17, 15) is 13.6 Å². The van der Waals surface area contributed by atoms with Crippen molar-refractivity contribution in [3.05, 3.63) is 48.2 Å². The number of hydrogen-bond acceptors (Lipinski definition) is 6. The number of pyridine rings is 1. The van der Waals surface area contributed by atoms with Gasteiger partial charge in [-0.3, -0.25) is 10.4 Å². The average Bonchev–Trinajstić information content (AvgIpc) is 3.27. The van der Waals surface area contributed by atoms with E-state index in [4.69, 9.17) is 9.47 Å². The van der Waals surface area contributed by atoms with Crippen molar-refractivity contribution in [1.29, 1.82) is 0 Å². The van der Waals surface area contributed by atoms with Crippen LogP contribution in [0, 0.1) is 0 Å². The topological polar surface area (TPSA) is 110 Å². The molecule has 3 aromatic rings. The Morgan fingerprint density at radius 3 is 2.69 bits per heavy atom. The average molecular weight is 504 g/mol. The minimum absolute atomic E-state index is 0.0484. The van der Waals surface area contributed by atoms with E-state index >= 15 is 0 Å². The van der Waals surface area contributed by atoms with Crippen molar-refractivity contribution in [2.45, 2.75) is 63.4 Å². The predicted octanol–water partition coefficient (Wildman–Crippen LogP) is 5.18. The van der Waals surface area contributed by atoms with E-state index in [0.717, 1.165) is 31.2 Å². The summed E-state index contributed by atoms with van der Waals surface area (Å²) in [7, 11) is 1.74. The molecule has 1 atom stereocenters. The van der Waals surface area contributed by atoms with Crippen molar-refractivity contribution in [2.24, 2.45) is 0 Å². The monoisotopic (exact) mass is 503 g/mol. The molecule has 2 amide bonds. The van der Waals surface area contributed by atoms with E-state index < -0.39 is 18.7 Å². The molecule has 4 rings (SSSR count). The number of carbonyl (C=O) groups excluding carboxylic acids is 1. The number of benzene rings is 1. The SMILES string of the molecule is COC1(C)CCC(Oc2n[nH]c3cc(NC(=O)NC(CCOC(F)F)c4ccccc4)ncc23)CC1. The van der Waals surface area contributed by atoms with Gasteiger partial charge >= 0.3 is 12.6 Å². The molecule has 0 aliphatic heterocycles. The molecule has 0 bridgehead atoms. The molecular weight excluding hydrogens is 472 g/mol. The summed E-state index contributed by atoms with van der Waals surface area (Å²) in [6.07, 6.45) is 5.39. The van der Waals surface area contributed by atoms with Gasteiger partial charge in [-0.1, -0.05) is 30.3 Å².